The number of halogens is 1. The molecule has 1 fully saturated rings. The SMILES string of the molecule is O=C(NCc1ccc(F)cc1)c1nc(N2CCCCS2(O)O)[nH]c(=O)c1CO. The van der Waals surface area contributed by atoms with Crippen molar-refractivity contribution in [2.75, 3.05) is 16.6 Å². The first-order chi connectivity index (χ1) is 13.3. The number of aliphatic hydroxyl groups is 1. The van der Waals surface area contributed by atoms with E-state index in [1.165, 1.54) is 28.6 Å². The molecule has 1 aromatic carbocycles. The zero-order valence-electron chi connectivity index (χ0n) is 14.9. The first-order valence-electron chi connectivity index (χ1n) is 8.62. The van der Waals surface area contributed by atoms with Gasteiger partial charge in [-0.05, 0) is 30.5 Å². The van der Waals surface area contributed by atoms with Gasteiger partial charge in [0.05, 0.1) is 17.9 Å². The molecule has 152 valence electrons. The summed E-state index contributed by atoms with van der Waals surface area (Å²) in [7, 11) is -3.14. The van der Waals surface area contributed by atoms with Crippen LogP contribution < -0.4 is 15.2 Å². The number of nitrogens with zero attached hydrogens (tertiary/aromatic N) is 2. The van der Waals surface area contributed by atoms with Gasteiger partial charge < -0.3 is 10.4 Å². The molecule has 0 radical (unpaired) electrons. The molecule has 0 bridgehead atoms. The zero-order valence-corrected chi connectivity index (χ0v) is 15.7. The van der Waals surface area contributed by atoms with Crippen molar-refractivity contribution in [3.8, 4) is 0 Å². The molecule has 2 aromatic rings. The Hall–Kier alpha value is -2.47. The van der Waals surface area contributed by atoms with Crippen molar-refractivity contribution in [1.82, 2.24) is 15.3 Å². The van der Waals surface area contributed by atoms with Crippen LogP contribution in [0.25, 0.3) is 0 Å². The van der Waals surface area contributed by atoms with Crippen LogP contribution in [0.5, 0.6) is 0 Å². The summed E-state index contributed by atoms with van der Waals surface area (Å²) in [5.74, 6) is -1.10. The highest BCUT2D eigenvalue weighted by Crippen LogP contribution is 2.48. The summed E-state index contributed by atoms with van der Waals surface area (Å²) >= 11 is 0. The Bertz CT molecular complexity index is 919. The van der Waals surface area contributed by atoms with Crippen molar-refractivity contribution < 1.29 is 23.4 Å². The van der Waals surface area contributed by atoms with Crippen LogP contribution >= 0.6 is 10.8 Å². The molecule has 1 aliphatic heterocycles. The molecule has 1 saturated heterocycles. The Morgan fingerprint density at radius 1 is 1.29 bits per heavy atom. The minimum absolute atomic E-state index is 0.0622. The van der Waals surface area contributed by atoms with Gasteiger partial charge in [0.1, 0.15) is 11.5 Å². The summed E-state index contributed by atoms with van der Waals surface area (Å²) < 4.78 is 34.6. The smallest absolute Gasteiger partial charge is 0.270 e. The number of amides is 1. The van der Waals surface area contributed by atoms with E-state index in [0.717, 1.165) is 0 Å². The number of nitrogens with one attached hydrogen (secondary N) is 2. The third kappa shape index (κ3) is 4.33. The Labute approximate surface area is 161 Å². The molecule has 1 aliphatic rings. The van der Waals surface area contributed by atoms with E-state index in [9.17, 15) is 28.2 Å². The number of aromatic nitrogens is 2. The molecule has 1 aromatic heterocycles. The molecule has 9 nitrogen and oxygen atoms in total. The van der Waals surface area contributed by atoms with Gasteiger partial charge in [0.15, 0.2) is 0 Å². The quantitative estimate of drug-likeness (QED) is 0.503. The third-order valence-corrected chi connectivity index (χ3v) is 6.26. The number of hydrogen-bond acceptors (Lipinski definition) is 7. The summed E-state index contributed by atoms with van der Waals surface area (Å²) in [4.78, 5) is 31.4. The number of H-pyrrole nitrogens is 1. The molecule has 0 aliphatic carbocycles. The van der Waals surface area contributed by atoms with E-state index in [-0.39, 0.29) is 36.0 Å². The zero-order chi connectivity index (χ0) is 20.3. The van der Waals surface area contributed by atoms with Crippen molar-refractivity contribution in [2.45, 2.75) is 26.0 Å². The molecule has 11 heteroatoms. The number of benzene rings is 1. The van der Waals surface area contributed by atoms with Gasteiger partial charge in [0.25, 0.3) is 11.5 Å². The summed E-state index contributed by atoms with van der Waals surface area (Å²) in [5, 5.41) is 12.0. The molecule has 0 spiro atoms. The molecule has 0 atom stereocenters. The molecule has 0 saturated carbocycles. The topological polar surface area (TPSA) is 139 Å². The van der Waals surface area contributed by atoms with Crippen molar-refractivity contribution in [1.29, 1.82) is 0 Å². The minimum atomic E-state index is -3.14. The van der Waals surface area contributed by atoms with E-state index in [0.29, 0.717) is 18.4 Å². The lowest BCUT2D eigenvalue weighted by atomic mass is 10.2. The van der Waals surface area contributed by atoms with E-state index in [1.807, 2.05) is 0 Å². The van der Waals surface area contributed by atoms with Gasteiger partial charge in [0, 0.05) is 13.1 Å². The lowest BCUT2D eigenvalue weighted by Crippen LogP contribution is -2.38. The average molecular weight is 412 g/mol. The molecule has 2 heterocycles. The van der Waals surface area contributed by atoms with Crippen LogP contribution in [0.15, 0.2) is 29.1 Å². The fraction of sp³-hybridized carbons (Fsp3) is 0.353. The maximum Gasteiger partial charge on any atom is 0.270 e. The second kappa shape index (κ2) is 8.27. The lowest BCUT2D eigenvalue weighted by molar-refractivity contribution is 0.0942. The number of anilines is 1. The van der Waals surface area contributed by atoms with Crippen LogP contribution in [-0.2, 0) is 13.2 Å². The Kier molecular flexibility index (Phi) is 5.98. The van der Waals surface area contributed by atoms with Crippen LogP contribution in [0, 0.1) is 5.82 Å². The molecule has 28 heavy (non-hydrogen) atoms. The van der Waals surface area contributed by atoms with Gasteiger partial charge in [-0.15, -0.1) is 10.8 Å². The number of rotatable bonds is 5. The first-order valence-corrected chi connectivity index (χ1v) is 10.3. The van der Waals surface area contributed by atoms with Crippen LogP contribution in [-0.4, -0.2) is 42.4 Å². The van der Waals surface area contributed by atoms with E-state index in [2.05, 4.69) is 15.3 Å². The molecule has 1 amide bonds. The monoisotopic (exact) mass is 412 g/mol. The van der Waals surface area contributed by atoms with Crippen LogP contribution in [0.2, 0.25) is 0 Å². The number of carbonyl (C=O) groups is 1. The standard InChI is InChI=1S/C17H21FN4O5S/c18-12-5-3-11(4-6-12)9-19-16(25)14-13(10-23)15(24)21-17(20-14)22-7-1-2-8-28(22,26)27/h3-6,23,26-27H,1-2,7-10H2,(H,19,25)(H,20,21,24). The predicted octanol–water partition coefficient (Wildman–Crippen LogP) is 1.60. The summed E-state index contributed by atoms with van der Waals surface area (Å²) in [6.07, 6.45) is 1.30. The number of carbonyl (C=O) groups excluding carboxylic acids is 1. The Morgan fingerprint density at radius 3 is 2.64 bits per heavy atom. The maximum atomic E-state index is 13.0. The number of aromatic amines is 1. The first kappa shape index (κ1) is 20.3. The molecular formula is C17H21FN4O5S. The predicted molar refractivity (Wildman–Crippen MR) is 103 cm³/mol. The highest BCUT2D eigenvalue weighted by molar-refractivity contribution is 8.25. The van der Waals surface area contributed by atoms with Crippen molar-refractivity contribution in [3.05, 3.63) is 57.3 Å². The fourth-order valence-electron chi connectivity index (χ4n) is 2.86. The number of aliphatic hydroxyl groups excluding tert-OH is 1. The van der Waals surface area contributed by atoms with Gasteiger partial charge in [-0.3, -0.25) is 23.7 Å². The molecular weight excluding hydrogens is 391 g/mol. The third-order valence-electron chi connectivity index (χ3n) is 4.36. The van der Waals surface area contributed by atoms with Gasteiger partial charge in [-0.25, -0.2) is 13.7 Å². The molecule has 5 N–H and O–H groups in total. The highest BCUT2D eigenvalue weighted by Gasteiger charge is 2.30. The van der Waals surface area contributed by atoms with E-state index in [1.54, 1.807) is 0 Å². The van der Waals surface area contributed by atoms with E-state index >= 15 is 0 Å². The van der Waals surface area contributed by atoms with Crippen LogP contribution in [0.3, 0.4) is 0 Å². The molecule has 3 rings (SSSR count). The largest absolute Gasteiger partial charge is 0.391 e. The van der Waals surface area contributed by atoms with Gasteiger partial charge in [-0.1, -0.05) is 12.1 Å². The lowest BCUT2D eigenvalue weighted by Gasteiger charge is -2.46. The van der Waals surface area contributed by atoms with Crippen molar-refractivity contribution in [3.63, 3.8) is 0 Å². The average Bonchev–Trinajstić information content (AvgIpc) is 2.66. The normalized spacial score (nSPS) is 17.2. The van der Waals surface area contributed by atoms with Gasteiger partial charge >= 0.3 is 0 Å². The maximum absolute atomic E-state index is 13.0. The van der Waals surface area contributed by atoms with Gasteiger partial charge in [-0.2, -0.15) is 0 Å². The van der Waals surface area contributed by atoms with Crippen LogP contribution in [0.4, 0.5) is 10.3 Å². The Balaban J connectivity index is 1.88. The summed E-state index contributed by atoms with van der Waals surface area (Å²) in [6.45, 7) is -0.384. The summed E-state index contributed by atoms with van der Waals surface area (Å²) in [6, 6.07) is 5.52. The highest BCUT2D eigenvalue weighted by atomic mass is 32.3. The second-order valence-corrected chi connectivity index (χ2v) is 8.44. The fourth-order valence-corrected chi connectivity index (χ4v) is 4.46. The van der Waals surface area contributed by atoms with E-state index < -0.39 is 34.7 Å². The van der Waals surface area contributed by atoms with Gasteiger partial charge in [0.2, 0.25) is 5.95 Å². The van der Waals surface area contributed by atoms with E-state index in [4.69, 9.17) is 0 Å². The number of hydrogen-bond donors (Lipinski definition) is 5. The second-order valence-electron chi connectivity index (χ2n) is 6.33. The van der Waals surface area contributed by atoms with Crippen molar-refractivity contribution in [2.24, 2.45) is 0 Å². The van der Waals surface area contributed by atoms with Crippen LogP contribution in [0.1, 0.15) is 34.5 Å². The van der Waals surface area contributed by atoms with Crippen molar-refractivity contribution >= 4 is 22.6 Å². The Morgan fingerprint density at radius 2 is 2.00 bits per heavy atom. The molecule has 0 unspecified atom stereocenters. The summed E-state index contributed by atoms with van der Waals surface area (Å²) in [5.41, 5.74) is -0.631. The minimum Gasteiger partial charge on any atom is -0.391 e.